The highest BCUT2D eigenvalue weighted by Crippen LogP contribution is 2.50. The summed E-state index contributed by atoms with van der Waals surface area (Å²) in [5.41, 5.74) is 3.68. The Labute approximate surface area is 232 Å². The van der Waals surface area contributed by atoms with Crippen molar-refractivity contribution in [1.29, 1.82) is 0 Å². The summed E-state index contributed by atoms with van der Waals surface area (Å²) in [6.07, 6.45) is 2.08. The van der Waals surface area contributed by atoms with Crippen molar-refractivity contribution in [2.45, 2.75) is 85.0 Å². The van der Waals surface area contributed by atoms with E-state index in [1.54, 1.807) is 6.92 Å². The van der Waals surface area contributed by atoms with Crippen molar-refractivity contribution < 1.29 is 14.3 Å². The van der Waals surface area contributed by atoms with Crippen LogP contribution in [0.25, 0.3) is 0 Å². The van der Waals surface area contributed by atoms with Crippen molar-refractivity contribution in [2.75, 3.05) is 34.8 Å². The minimum absolute atomic E-state index is 0.0157. The van der Waals surface area contributed by atoms with Crippen LogP contribution in [0.4, 0.5) is 22.0 Å². The number of carbonyl (C=O) groups excluding carboxylic acids is 2. The van der Waals surface area contributed by atoms with Crippen LogP contribution in [0, 0.1) is 18.8 Å². The first-order chi connectivity index (χ1) is 18.4. The van der Waals surface area contributed by atoms with E-state index in [-0.39, 0.29) is 36.0 Å². The summed E-state index contributed by atoms with van der Waals surface area (Å²) >= 11 is 0. The molecule has 2 aliphatic heterocycles. The molecule has 0 radical (unpaired) electrons. The van der Waals surface area contributed by atoms with Gasteiger partial charge in [-0.05, 0) is 83.7 Å². The highest BCUT2D eigenvalue weighted by molar-refractivity contribution is 5.94. The summed E-state index contributed by atoms with van der Waals surface area (Å²) in [5, 5.41) is 3.75. The molecule has 0 spiro atoms. The number of piperazine rings is 1. The van der Waals surface area contributed by atoms with Crippen LogP contribution in [-0.4, -0.2) is 59.2 Å². The van der Waals surface area contributed by atoms with Crippen LogP contribution in [0.2, 0.25) is 0 Å². The molecule has 4 atom stereocenters. The lowest BCUT2D eigenvalue weighted by molar-refractivity contribution is -0.117. The molecular weight excluding hydrogens is 490 g/mol. The van der Waals surface area contributed by atoms with Crippen molar-refractivity contribution in [3.63, 3.8) is 0 Å². The standard InChI is InChI=1S/C31H43N5O3/c1-19-9-8-10-27(32-19)33-28-21(3)29(23-11-12-23)36(22(4)37)26-14-13-24(17-25(26)28)34-15-16-35(20(2)18-34)30(38)39-31(5,6)7/h8-10,13-14,17,20-21,23,28-29H,11-12,15-16,18H2,1-7H3,(H,32,33)/t20?,21-,28?,29?/m1/s1. The molecule has 1 aliphatic carbocycles. The molecule has 1 aromatic carbocycles. The lowest BCUT2D eigenvalue weighted by Gasteiger charge is -2.46. The second-order valence-electron chi connectivity index (χ2n) is 12.6. The number of hydrogen-bond acceptors (Lipinski definition) is 6. The molecule has 8 heteroatoms. The fourth-order valence-electron chi connectivity index (χ4n) is 6.32. The molecule has 2 fully saturated rings. The van der Waals surface area contributed by atoms with Gasteiger partial charge in [0.1, 0.15) is 11.4 Å². The quantitative estimate of drug-likeness (QED) is 0.538. The van der Waals surface area contributed by atoms with Crippen molar-refractivity contribution >= 4 is 29.2 Å². The molecule has 2 aromatic rings. The Morgan fingerprint density at radius 3 is 2.44 bits per heavy atom. The summed E-state index contributed by atoms with van der Waals surface area (Å²) in [6.45, 7) is 15.8. The Bertz CT molecular complexity index is 1240. The molecule has 0 bridgehead atoms. The van der Waals surface area contributed by atoms with E-state index in [1.807, 2.05) is 55.7 Å². The number of rotatable bonds is 4. The van der Waals surface area contributed by atoms with Crippen LogP contribution in [0.15, 0.2) is 36.4 Å². The Kier molecular flexibility index (Phi) is 7.25. The van der Waals surface area contributed by atoms with E-state index in [4.69, 9.17) is 9.72 Å². The molecule has 1 N–H and O–H groups in total. The van der Waals surface area contributed by atoms with Crippen LogP contribution in [0.3, 0.4) is 0 Å². The van der Waals surface area contributed by atoms with Crippen LogP contribution < -0.4 is 15.1 Å². The van der Waals surface area contributed by atoms with Gasteiger partial charge in [-0.25, -0.2) is 9.78 Å². The van der Waals surface area contributed by atoms with Gasteiger partial charge in [0.2, 0.25) is 5.91 Å². The molecule has 8 nitrogen and oxygen atoms in total. The largest absolute Gasteiger partial charge is 0.444 e. The van der Waals surface area contributed by atoms with E-state index >= 15 is 0 Å². The van der Waals surface area contributed by atoms with Crippen molar-refractivity contribution in [2.24, 2.45) is 11.8 Å². The van der Waals surface area contributed by atoms with E-state index in [0.29, 0.717) is 19.0 Å². The average Bonchev–Trinajstić information content (AvgIpc) is 3.69. The number of aryl methyl sites for hydroxylation is 1. The summed E-state index contributed by atoms with van der Waals surface area (Å²) in [5.74, 6) is 1.70. The SMILES string of the molecule is CC(=O)N1c2ccc(N3CCN(C(=O)OC(C)(C)C)C(C)C3)cc2C(Nc2cccc(C)n2)[C@@H](C)C1C1CC1. The van der Waals surface area contributed by atoms with Gasteiger partial charge in [0.25, 0.3) is 0 Å². The Hall–Kier alpha value is -3.29. The smallest absolute Gasteiger partial charge is 0.410 e. The molecule has 39 heavy (non-hydrogen) atoms. The predicted molar refractivity (Wildman–Crippen MR) is 155 cm³/mol. The lowest BCUT2D eigenvalue weighted by Crippen LogP contribution is -2.55. The number of aromatic nitrogens is 1. The Morgan fingerprint density at radius 2 is 1.82 bits per heavy atom. The molecular formula is C31H43N5O3. The zero-order chi connectivity index (χ0) is 28.1. The molecule has 210 valence electrons. The molecule has 3 heterocycles. The highest BCUT2D eigenvalue weighted by Gasteiger charge is 2.47. The number of pyridine rings is 1. The number of anilines is 3. The number of nitrogens with one attached hydrogen (secondary N) is 1. The van der Waals surface area contributed by atoms with Gasteiger partial charge in [0, 0.05) is 67.2 Å². The van der Waals surface area contributed by atoms with Gasteiger partial charge in [0.15, 0.2) is 0 Å². The van der Waals surface area contributed by atoms with Crippen molar-refractivity contribution in [1.82, 2.24) is 9.88 Å². The van der Waals surface area contributed by atoms with Crippen LogP contribution in [0.5, 0.6) is 0 Å². The normalized spacial score (nSPS) is 25.3. The van der Waals surface area contributed by atoms with Gasteiger partial charge < -0.3 is 24.8 Å². The summed E-state index contributed by atoms with van der Waals surface area (Å²) in [4.78, 5) is 36.7. The summed E-state index contributed by atoms with van der Waals surface area (Å²) in [6, 6.07) is 12.8. The van der Waals surface area contributed by atoms with Crippen molar-refractivity contribution in [3.05, 3.63) is 47.7 Å². The summed E-state index contributed by atoms with van der Waals surface area (Å²) < 4.78 is 5.64. The number of ether oxygens (including phenoxy) is 1. The maximum atomic E-state index is 13.0. The van der Waals surface area contributed by atoms with Crippen molar-refractivity contribution in [3.8, 4) is 0 Å². The number of hydrogen-bond donors (Lipinski definition) is 1. The maximum Gasteiger partial charge on any atom is 0.410 e. The minimum atomic E-state index is -0.516. The second kappa shape index (κ2) is 10.4. The third kappa shape index (κ3) is 5.70. The number of amides is 2. The van der Waals surface area contributed by atoms with E-state index < -0.39 is 5.60 Å². The average molecular weight is 534 g/mol. The van der Waals surface area contributed by atoms with Gasteiger partial charge in [0.05, 0.1) is 6.04 Å². The van der Waals surface area contributed by atoms with E-state index in [2.05, 4.69) is 42.3 Å². The fraction of sp³-hybridized carbons (Fsp3) is 0.581. The maximum absolute atomic E-state index is 13.0. The number of fused-ring (bicyclic) bond motifs is 1. The number of carbonyl (C=O) groups is 2. The van der Waals surface area contributed by atoms with E-state index in [1.165, 1.54) is 12.8 Å². The molecule has 3 aliphatic rings. The highest BCUT2D eigenvalue weighted by atomic mass is 16.6. The first kappa shape index (κ1) is 27.3. The molecule has 2 amide bonds. The van der Waals surface area contributed by atoms with Gasteiger partial charge in [-0.2, -0.15) is 0 Å². The monoisotopic (exact) mass is 533 g/mol. The topological polar surface area (TPSA) is 78.0 Å². The Balaban J connectivity index is 1.46. The lowest BCUT2D eigenvalue weighted by atomic mass is 9.79. The molecule has 5 rings (SSSR count). The molecule has 1 aromatic heterocycles. The molecule has 1 saturated carbocycles. The van der Waals surface area contributed by atoms with Crippen LogP contribution in [-0.2, 0) is 9.53 Å². The fourth-order valence-corrected chi connectivity index (χ4v) is 6.32. The first-order valence-electron chi connectivity index (χ1n) is 14.3. The van der Waals surface area contributed by atoms with Gasteiger partial charge in [-0.15, -0.1) is 0 Å². The molecule has 3 unspecified atom stereocenters. The van der Waals surface area contributed by atoms with E-state index in [0.717, 1.165) is 35.0 Å². The summed E-state index contributed by atoms with van der Waals surface area (Å²) in [7, 11) is 0. The zero-order valence-corrected chi connectivity index (χ0v) is 24.4. The second-order valence-corrected chi connectivity index (χ2v) is 12.6. The number of nitrogens with zero attached hydrogens (tertiary/aromatic N) is 4. The number of benzene rings is 1. The third-order valence-electron chi connectivity index (χ3n) is 8.22. The first-order valence-corrected chi connectivity index (χ1v) is 14.3. The zero-order valence-electron chi connectivity index (χ0n) is 24.4. The van der Waals surface area contributed by atoms with Gasteiger partial charge >= 0.3 is 6.09 Å². The third-order valence-corrected chi connectivity index (χ3v) is 8.22. The predicted octanol–water partition coefficient (Wildman–Crippen LogP) is 5.77. The Morgan fingerprint density at radius 1 is 1.08 bits per heavy atom. The minimum Gasteiger partial charge on any atom is -0.444 e. The van der Waals surface area contributed by atoms with Crippen LogP contribution >= 0.6 is 0 Å². The van der Waals surface area contributed by atoms with Gasteiger partial charge in [-0.3, -0.25) is 4.79 Å². The van der Waals surface area contributed by atoms with E-state index in [9.17, 15) is 9.59 Å². The molecule has 1 saturated heterocycles. The van der Waals surface area contributed by atoms with Crippen LogP contribution in [0.1, 0.15) is 71.7 Å². The van der Waals surface area contributed by atoms with Gasteiger partial charge in [-0.1, -0.05) is 13.0 Å².